The van der Waals surface area contributed by atoms with E-state index >= 15 is 0 Å². The summed E-state index contributed by atoms with van der Waals surface area (Å²) >= 11 is 0. The van der Waals surface area contributed by atoms with Gasteiger partial charge >= 0.3 is 17.7 Å². The van der Waals surface area contributed by atoms with Crippen LogP contribution in [-0.4, -0.2) is 35.7 Å². The Labute approximate surface area is 125 Å². The molecule has 6 heteroatoms. The van der Waals surface area contributed by atoms with Crippen molar-refractivity contribution in [3.05, 3.63) is 29.8 Å². The van der Waals surface area contributed by atoms with Gasteiger partial charge in [-0.15, -0.1) is 0 Å². The third-order valence-corrected chi connectivity index (χ3v) is 2.43. The summed E-state index contributed by atoms with van der Waals surface area (Å²) in [6, 6.07) is 0. The number of carbonyl (C=O) groups excluding carboxylic acids is 2. The number of hydrogen-bond donors (Lipinski definition) is 0. The number of allylic oxidation sites excluding steroid dienone is 3. The van der Waals surface area contributed by atoms with E-state index < -0.39 is 17.7 Å². The predicted octanol–water partition coefficient (Wildman–Crippen LogP) is 2.46. The number of rotatable bonds is 10. The number of hydrogen-bond acceptors (Lipinski definition) is 4. The molecule has 0 rings (SSSR count). The van der Waals surface area contributed by atoms with Gasteiger partial charge in [0.05, 0.1) is 6.61 Å². The van der Waals surface area contributed by atoms with Gasteiger partial charge in [0.1, 0.15) is 6.61 Å². The summed E-state index contributed by atoms with van der Waals surface area (Å²) < 4.78 is 9.30. The monoisotopic (exact) mass is 294 g/mol. The molecule has 0 amide bonds. The minimum absolute atomic E-state index is 0.0173. The van der Waals surface area contributed by atoms with Crippen molar-refractivity contribution in [3.8, 4) is 0 Å². The van der Waals surface area contributed by atoms with Crippen molar-refractivity contribution in [2.45, 2.75) is 39.5 Å². The molecular formula is C15H22N2O4. The van der Waals surface area contributed by atoms with E-state index in [2.05, 4.69) is 16.5 Å². The van der Waals surface area contributed by atoms with E-state index in [0.717, 1.165) is 12.8 Å². The van der Waals surface area contributed by atoms with Gasteiger partial charge in [0.25, 0.3) is 0 Å². The smallest absolute Gasteiger partial charge is 0.457 e. The summed E-state index contributed by atoms with van der Waals surface area (Å²) in [6.07, 6.45) is 11.8. The lowest BCUT2D eigenvalue weighted by Gasteiger charge is -1.98. The molecule has 0 aliphatic heterocycles. The Hall–Kier alpha value is -2.20. The van der Waals surface area contributed by atoms with Crippen LogP contribution in [0.3, 0.4) is 0 Å². The van der Waals surface area contributed by atoms with Crippen molar-refractivity contribution < 1.29 is 23.9 Å². The minimum Gasteiger partial charge on any atom is -0.457 e. The van der Waals surface area contributed by atoms with E-state index in [0.29, 0.717) is 0 Å². The van der Waals surface area contributed by atoms with Crippen LogP contribution in [0.2, 0.25) is 0 Å². The number of nitrogens with zero attached hydrogens (tertiary/aromatic N) is 2. The zero-order valence-electron chi connectivity index (χ0n) is 12.6. The zero-order valence-corrected chi connectivity index (χ0v) is 12.6. The Morgan fingerprint density at radius 1 is 1.05 bits per heavy atom. The molecule has 0 fully saturated rings. The van der Waals surface area contributed by atoms with E-state index in [4.69, 9.17) is 10.3 Å². The summed E-state index contributed by atoms with van der Waals surface area (Å²) in [4.78, 5) is 25.3. The first-order valence-corrected chi connectivity index (χ1v) is 7.05. The number of esters is 2. The SMILES string of the molecule is CCCCCC=CC=CCOC(=O)C(=[N+]=[N-])C(=O)OCC. The molecule has 0 aromatic heterocycles. The quantitative estimate of drug-likeness (QED) is 0.118. The van der Waals surface area contributed by atoms with Crippen LogP contribution in [0.25, 0.3) is 5.53 Å². The first-order valence-electron chi connectivity index (χ1n) is 7.05. The highest BCUT2D eigenvalue weighted by Crippen LogP contribution is 1.99. The zero-order chi connectivity index (χ0) is 15.9. The van der Waals surface area contributed by atoms with Crippen LogP contribution in [0.5, 0.6) is 0 Å². The molecule has 0 bridgehead atoms. The molecule has 0 aromatic rings. The van der Waals surface area contributed by atoms with Gasteiger partial charge in [-0.2, -0.15) is 4.79 Å². The molecule has 0 saturated carbocycles. The van der Waals surface area contributed by atoms with Crippen LogP contribution in [0.4, 0.5) is 0 Å². The van der Waals surface area contributed by atoms with Gasteiger partial charge in [0.15, 0.2) is 0 Å². The Kier molecular flexibility index (Phi) is 11.5. The van der Waals surface area contributed by atoms with Gasteiger partial charge in [-0.1, -0.05) is 38.0 Å². The van der Waals surface area contributed by atoms with Crippen molar-refractivity contribution in [1.29, 1.82) is 0 Å². The minimum atomic E-state index is -1.02. The Balaban J connectivity index is 4.02. The van der Waals surface area contributed by atoms with Gasteiger partial charge < -0.3 is 15.0 Å². The van der Waals surface area contributed by atoms with Crippen LogP contribution in [-0.2, 0) is 19.1 Å². The third-order valence-electron chi connectivity index (χ3n) is 2.43. The number of ether oxygens (including phenoxy) is 2. The molecule has 0 spiro atoms. The van der Waals surface area contributed by atoms with Gasteiger partial charge in [-0.25, -0.2) is 9.59 Å². The van der Waals surface area contributed by atoms with Crippen LogP contribution in [0.1, 0.15) is 39.5 Å². The molecule has 21 heavy (non-hydrogen) atoms. The van der Waals surface area contributed by atoms with Crippen molar-refractivity contribution >= 4 is 17.7 Å². The van der Waals surface area contributed by atoms with Crippen LogP contribution < -0.4 is 0 Å². The van der Waals surface area contributed by atoms with Crippen LogP contribution >= 0.6 is 0 Å². The topological polar surface area (TPSA) is 89.0 Å². The fourth-order valence-electron chi connectivity index (χ4n) is 1.38. The molecule has 0 heterocycles. The highest BCUT2D eigenvalue weighted by molar-refractivity contribution is 6.60. The lowest BCUT2D eigenvalue weighted by molar-refractivity contribution is -0.148. The predicted molar refractivity (Wildman–Crippen MR) is 78.6 cm³/mol. The van der Waals surface area contributed by atoms with Crippen LogP contribution in [0, 0.1) is 0 Å². The Morgan fingerprint density at radius 3 is 2.33 bits per heavy atom. The first-order chi connectivity index (χ1) is 10.2. The summed E-state index contributed by atoms with van der Waals surface area (Å²) in [5, 5.41) is 0. The van der Waals surface area contributed by atoms with Crippen LogP contribution in [0.15, 0.2) is 24.3 Å². The second-order valence-electron chi connectivity index (χ2n) is 4.12. The van der Waals surface area contributed by atoms with Gasteiger partial charge in [0, 0.05) is 0 Å². The lowest BCUT2D eigenvalue weighted by Crippen LogP contribution is -2.29. The fraction of sp³-hybridized carbons (Fsp3) is 0.533. The molecule has 0 unspecified atom stereocenters. The summed E-state index contributed by atoms with van der Waals surface area (Å²) in [7, 11) is 0. The largest absolute Gasteiger partial charge is 0.482 e. The molecule has 6 nitrogen and oxygen atoms in total. The average molecular weight is 294 g/mol. The maximum Gasteiger partial charge on any atom is 0.482 e. The maximum absolute atomic E-state index is 11.4. The average Bonchev–Trinajstić information content (AvgIpc) is 2.46. The summed E-state index contributed by atoms with van der Waals surface area (Å²) in [6.45, 7) is 3.79. The Morgan fingerprint density at radius 2 is 1.71 bits per heavy atom. The highest BCUT2D eigenvalue weighted by Gasteiger charge is 2.32. The van der Waals surface area contributed by atoms with Gasteiger partial charge in [0.2, 0.25) is 0 Å². The molecule has 0 N–H and O–H groups in total. The highest BCUT2D eigenvalue weighted by atomic mass is 16.6. The van der Waals surface area contributed by atoms with E-state index in [1.165, 1.54) is 12.8 Å². The summed E-state index contributed by atoms with van der Waals surface area (Å²) in [5.74, 6) is -2.03. The third kappa shape index (κ3) is 9.35. The molecule has 0 atom stereocenters. The molecule has 116 valence electrons. The Bertz CT molecular complexity index is 435. The second-order valence-corrected chi connectivity index (χ2v) is 4.12. The molecular weight excluding hydrogens is 272 g/mol. The van der Waals surface area contributed by atoms with E-state index in [9.17, 15) is 9.59 Å². The number of carbonyl (C=O) groups is 2. The number of unbranched alkanes of at least 4 members (excludes halogenated alkanes) is 3. The maximum atomic E-state index is 11.4. The van der Waals surface area contributed by atoms with Gasteiger partial charge in [-0.05, 0) is 25.8 Å². The second kappa shape index (κ2) is 12.8. The van der Waals surface area contributed by atoms with Crippen molar-refractivity contribution in [3.63, 3.8) is 0 Å². The van der Waals surface area contributed by atoms with E-state index in [1.807, 2.05) is 12.2 Å². The van der Waals surface area contributed by atoms with E-state index in [1.54, 1.807) is 19.1 Å². The van der Waals surface area contributed by atoms with Crippen molar-refractivity contribution in [2.75, 3.05) is 13.2 Å². The fourth-order valence-corrected chi connectivity index (χ4v) is 1.38. The molecule has 0 saturated heterocycles. The molecule has 0 aliphatic rings. The molecule has 0 radical (unpaired) electrons. The van der Waals surface area contributed by atoms with Gasteiger partial charge in [-0.3, -0.25) is 0 Å². The van der Waals surface area contributed by atoms with Crippen molar-refractivity contribution in [1.82, 2.24) is 0 Å². The molecule has 0 aliphatic carbocycles. The normalized spacial score (nSPS) is 10.6. The first kappa shape index (κ1) is 18.8. The lowest BCUT2D eigenvalue weighted by atomic mass is 10.2. The van der Waals surface area contributed by atoms with E-state index in [-0.39, 0.29) is 13.2 Å². The standard InChI is InChI=1S/C15H22N2O4/c1-3-5-6-7-8-9-10-11-12-21-15(19)13(17-16)14(18)20-4-2/h8-11H,3-7,12H2,1-2H3. The molecule has 0 aromatic carbocycles. The van der Waals surface area contributed by atoms with Crippen molar-refractivity contribution in [2.24, 2.45) is 0 Å². The summed E-state index contributed by atoms with van der Waals surface area (Å²) in [5.41, 5.74) is 7.83.